The van der Waals surface area contributed by atoms with E-state index in [1.54, 1.807) is 0 Å². The normalized spacial score (nSPS) is 17.4. The number of carbonyl (C=O) groups excluding carboxylic acids is 1. The van der Waals surface area contributed by atoms with Gasteiger partial charge in [0.05, 0.1) is 0 Å². The maximum Gasteiger partial charge on any atom is 0.218 e. The van der Waals surface area contributed by atoms with Crippen LogP contribution in [0, 0.1) is 5.92 Å². The van der Waals surface area contributed by atoms with Crippen molar-refractivity contribution in [2.45, 2.75) is 38.5 Å². The molecule has 0 saturated carbocycles. The molecule has 1 unspecified atom stereocenters. The first-order valence-electron chi connectivity index (χ1n) is 8.42. The van der Waals surface area contributed by atoms with Crippen LogP contribution in [0.3, 0.4) is 0 Å². The van der Waals surface area contributed by atoms with E-state index < -0.39 is 0 Å². The lowest BCUT2D eigenvalue weighted by molar-refractivity contribution is -0.118. The predicted molar refractivity (Wildman–Crippen MR) is 95.0 cm³/mol. The molecular formula is C20H24N2O. The van der Waals surface area contributed by atoms with E-state index in [-0.39, 0.29) is 5.91 Å². The number of amides is 1. The zero-order valence-corrected chi connectivity index (χ0v) is 13.4. The summed E-state index contributed by atoms with van der Waals surface area (Å²) < 4.78 is 0. The molecule has 1 heterocycles. The summed E-state index contributed by atoms with van der Waals surface area (Å²) in [6.07, 6.45) is 14.6. The van der Waals surface area contributed by atoms with Gasteiger partial charge >= 0.3 is 0 Å². The number of carbonyl (C=O) groups is 1. The number of unbranched alkanes of at least 4 members (excludes halogenated alkanes) is 1. The average Bonchev–Trinajstić information content (AvgIpc) is 3.00. The molecule has 1 aliphatic carbocycles. The van der Waals surface area contributed by atoms with Crippen molar-refractivity contribution in [2.24, 2.45) is 11.7 Å². The number of hydrogen-bond acceptors (Lipinski definition) is 1. The van der Waals surface area contributed by atoms with Crippen LogP contribution < -0.4 is 5.73 Å². The van der Waals surface area contributed by atoms with Gasteiger partial charge in [0.2, 0.25) is 5.91 Å². The molecule has 0 fully saturated rings. The lowest BCUT2D eigenvalue weighted by Crippen LogP contribution is -2.15. The fourth-order valence-corrected chi connectivity index (χ4v) is 3.22. The molecule has 0 bridgehead atoms. The van der Waals surface area contributed by atoms with Crippen molar-refractivity contribution in [2.75, 3.05) is 0 Å². The van der Waals surface area contributed by atoms with E-state index in [0.29, 0.717) is 12.3 Å². The smallest absolute Gasteiger partial charge is 0.218 e. The Kier molecular flexibility index (Phi) is 4.96. The highest BCUT2D eigenvalue weighted by Gasteiger charge is 2.11. The third kappa shape index (κ3) is 4.35. The second-order valence-corrected chi connectivity index (χ2v) is 6.41. The first-order valence-corrected chi connectivity index (χ1v) is 8.42. The van der Waals surface area contributed by atoms with Crippen LogP contribution >= 0.6 is 0 Å². The number of aryl methyl sites for hydroxylation is 1. The molecule has 3 rings (SSSR count). The molecule has 2 aromatic rings. The highest BCUT2D eigenvalue weighted by Crippen LogP contribution is 2.23. The third-order valence-electron chi connectivity index (χ3n) is 4.53. The number of allylic oxidation sites excluding steroid dienone is 4. The molecule has 1 aliphatic rings. The van der Waals surface area contributed by atoms with Gasteiger partial charge in [-0.15, -0.1) is 0 Å². The van der Waals surface area contributed by atoms with Gasteiger partial charge in [0.15, 0.2) is 0 Å². The van der Waals surface area contributed by atoms with Crippen molar-refractivity contribution in [3.05, 3.63) is 59.8 Å². The fourth-order valence-electron chi connectivity index (χ4n) is 3.22. The van der Waals surface area contributed by atoms with Gasteiger partial charge in [-0.25, -0.2) is 0 Å². The SMILES string of the molecule is NC(=O)CC1C=CC(CCCCc2ccc3[nH]ccc3c2)=CC1. The summed E-state index contributed by atoms with van der Waals surface area (Å²) >= 11 is 0. The van der Waals surface area contributed by atoms with Gasteiger partial charge in [-0.3, -0.25) is 4.79 Å². The second-order valence-electron chi connectivity index (χ2n) is 6.41. The number of rotatable bonds is 7. The Morgan fingerprint density at radius 1 is 1.22 bits per heavy atom. The molecule has 23 heavy (non-hydrogen) atoms. The van der Waals surface area contributed by atoms with Crippen molar-refractivity contribution in [1.82, 2.24) is 4.98 Å². The molecule has 0 spiro atoms. The van der Waals surface area contributed by atoms with Gasteiger partial charge in [0.1, 0.15) is 0 Å². The topological polar surface area (TPSA) is 58.9 Å². The minimum absolute atomic E-state index is 0.212. The second kappa shape index (κ2) is 7.32. The van der Waals surface area contributed by atoms with Crippen LogP contribution in [0.15, 0.2) is 54.3 Å². The molecule has 3 N–H and O–H groups in total. The first-order chi connectivity index (χ1) is 11.2. The van der Waals surface area contributed by atoms with E-state index in [2.05, 4.69) is 47.5 Å². The van der Waals surface area contributed by atoms with E-state index in [1.807, 2.05) is 6.20 Å². The maximum absolute atomic E-state index is 10.9. The Balaban J connectivity index is 1.41. The summed E-state index contributed by atoms with van der Waals surface area (Å²) in [5.74, 6) is 0.0835. The third-order valence-corrected chi connectivity index (χ3v) is 4.53. The molecular weight excluding hydrogens is 284 g/mol. The highest BCUT2D eigenvalue weighted by atomic mass is 16.1. The quantitative estimate of drug-likeness (QED) is 0.738. The lowest BCUT2D eigenvalue weighted by Gasteiger charge is -2.14. The van der Waals surface area contributed by atoms with Crippen molar-refractivity contribution < 1.29 is 4.79 Å². The summed E-state index contributed by atoms with van der Waals surface area (Å²) in [7, 11) is 0. The van der Waals surface area contributed by atoms with Crippen LogP contribution in [0.5, 0.6) is 0 Å². The van der Waals surface area contributed by atoms with Gasteiger partial charge in [-0.05, 0) is 67.2 Å². The lowest BCUT2D eigenvalue weighted by atomic mass is 9.91. The van der Waals surface area contributed by atoms with Gasteiger partial charge in [0, 0.05) is 18.1 Å². The van der Waals surface area contributed by atoms with Crippen LogP contribution in [0.25, 0.3) is 10.9 Å². The molecule has 3 nitrogen and oxygen atoms in total. The number of benzene rings is 1. The van der Waals surface area contributed by atoms with Gasteiger partial charge in [-0.1, -0.05) is 29.9 Å². The minimum atomic E-state index is -0.212. The molecule has 120 valence electrons. The zero-order chi connectivity index (χ0) is 16.1. The molecule has 1 aromatic heterocycles. The minimum Gasteiger partial charge on any atom is -0.370 e. The zero-order valence-electron chi connectivity index (χ0n) is 13.4. The Labute approximate surface area is 137 Å². The van der Waals surface area contributed by atoms with Crippen molar-refractivity contribution in [3.8, 4) is 0 Å². The predicted octanol–water partition coefficient (Wildman–Crippen LogP) is 4.26. The number of aromatic amines is 1. The van der Waals surface area contributed by atoms with Gasteiger partial charge < -0.3 is 10.7 Å². The fraction of sp³-hybridized carbons (Fsp3) is 0.350. The summed E-state index contributed by atoms with van der Waals surface area (Å²) in [5.41, 5.74) is 9.25. The van der Waals surface area contributed by atoms with E-state index in [0.717, 1.165) is 19.3 Å². The highest BCUT2D eigenvalue weighted by molar-refractivity contribution is 5.79. The Hall–Kier alpha value is -2.29. The van der Waals surface area contributed by atoms with Crippen LogP contribution in [-0.4, -0.2) is 10.9 Å². The summed E-state index contributed by atoms with van der Waals surface area (Å²) in [6, 6.07) is 8.78. The van der Waals surface area contributed by atoms with Crippen molar-refractivity contribution >= 4 is 16.8 Å². The number of hydrogen-bond donors (Lipinski definition) is 2. The Bertz CT molecular complexity index is 739. The molecule has 1 amide bonds. The number of fused-ring (bicyclic) bond motifs is 1. The monoisotopic (exact) mass is 308 g/mol. The standard InChI is InChI=1S/C20H24N2O/c21-20(23)14-17-7-5-15(6-8-17)3-1-2-4-16-9-10-19-18(13-16)11-12-22-19/h5-7,9-13,17,22H,1-4,8,14H2,(H2,21,23). The maximum atomic E-state index is 10.9. The van der Waals surface area contributed by atoms with Crippen molar-refractivity contribution in [3.63, 3.8) is 0 Å². The molecule has 3 heteroatoms. The van der Waals surface area contributed by atoms with Crippen LogP contribution in [-0.2, 0) is 11.2 Å². The number of H-pyrrole nitrogens is 1. The molecule has 1 atom stereocenters. The Morgan fingerprint density at radius 2 is 2.09 bits per heavy atom. The summed E-state index contributed by atoms with van der Waals surface area (Å²) in [6.45, 7) is 0. The molecule has 0 saturated heterocycles. The molecule has 0 aliphatic heterocycles. The summed E-state index contributed by atoms with van der Waals surface area (Å²) in [4.78, 5) is 14.2. The van der Waals surface area contributed by atoms with Crippen LogP contribution in [0.2, 0.25) is 0 Å². The number of nitrogens with two attached hydrogens (primary N) is 1. The number of nitrogens with one attached hydrogen (secondary N) is 1. The van der Waals surface area contributed by atoms with Gasteiger partial charge in [-0.2, -0.15) is 0 Å². The largest absolute Gasteiger partial charge is 0.370 e. The van der Waals surface area contributed by atoms with Crippen LogP contribution in [0.4, 0.5) is 0 Å². The molecule has 0 radical (unpaired) electrons. The number of aromatic nitrogens is 1. The average molecular weight is 308 g/mol. The van der Waals surface area contributed by atoms with Crippen molar-refractivity contribution in [1.29, 1.82) is 0 Å². The van der Waals surface area contributed by atoms with E-state index in [9.17, 15) is 4.79 Å². The van der Waals surface area contributed by atoms with Crippen LogP contribution in [0.1, 0.15) is 37.7 Å². The Morgan fingerprint density at radius 3 is 2.87 bits per heavy atom. The summed E-state index contributed by atoms with van der Waals surface area (Å²) in [5, 5.41) is 1.29. The molecule has 1 aromatic carbocycles. The van der Waals surface area contributed by atoms with E-state index in [4.69, 9.17) is 5.73 Å². The van der Waals surface area contributed by atoms with E-state index >= 15 is 0 Å². The number of primary amides is 1. The van der Waals surface area contributed by atoms with E-state index in [1.165, 1.54) is 34.9 Å². The first kappa shape index (κ1) is 15.6. The van der Waals surface area contributed by atoms with Gasteiger partial charge in [0.25, 0.3) is 0 Å².